The highest BCUT2D eigenvalue weighted by molar-refractivity contribution is 7.11. The predicted molar refractivity (Wildman–Crippen MR) is 127 cm³/mol. The van der Waals surface area contributed by atoms with Crippen LogP contribution in [0.2, 0.25) is 0 Å². The van der Waals surface area contributed by atoms with Crippen molar-refractivity contribution in [2.45, 2.75) is 33.6 Å². The molecule has 6 heteroatoms. The van der Waals surface area contributed by atoms with Crippen molar-refractivity contribution >= 4 is 28.3 Å². The van der Waals surface area contributed by atoms with Gasteiger partial charge in [0.05, 0.1) is 22.8 Å². The van der Waals surface area contributed by atoms with Crippen molar-refractivity contribution in [2.75, 3.05) is 13.1 Å². The summed E-state index contributed by atoms with van der Waals surface area (Å²) in [5.74, 6) is 0.231. The Hall–Kier alpha value is -2.99. The summed E-state index contributed by atoms with van der Waals surface area (Å²) in [6, 6.07) is 5.31. The average Bonchev–Trinajstić information content (AvgIpc) is 3.28. The van der Waals surface area contributed by atoms with E-state index in [2.05, 4.69) is 36.8 Å². The molecule has 1 aromatic heterocycles. The second-order valence-electron chi connectivity index (χ2n) is 7.65. The second-order valence-corrected chi connectivity index (χ2v) is 8.56. The minimum atomic E-state index is 0.0228. The number of hydrogen-bond acceptors (Lipinski definition) is 6. The molecule has 1 aliphatic rings. The Balaban J connectivity index is 2.11. The molecule has 0 saturated carbocycles. The Labute approximate surface area is 182 Å². The van der Waals surface area contributed by atoms with Crippen LogP contribution in [0, 0.1) is 6.92 Å². The molecule has 4 N–H and O–H groups in total. The number of nitrogens with one attached hydrogen (secondary N) is 2. The molecule has 0 spiro atoms. The fourth-order valence-corrected chi connectivity index (χ4v) is 4.40. The van der Waals surface area contributed by atoms with Crippen molar-refractivity contribution in [2.24, 2.45) is 4.99 Å². The summed E-state index contributed by atoms with van der Waals surface area (Å²) in [6.45, 7) is 17.6. The number of nitrogens with zero attached hydrogens (tertiary/aromatic N) is 1. The van der Waals surface area contributed by atoms with Crippen LogP contribution in [-0.2, 0) is 0 Å². The van der Waals surface area contributed by atoms with Crippen LogP contribution in [0.15, 0.2) is 53.1 Å². The minimum absolute atomic E-state index is 0.0228. The molecule has 1 aliphatic heterocycles. The van der Waals surface area contributed by atoms with Gasteiger partial charge in [0.2, 0.25) is 0 Å². The van der Waals surface area contributed by atoms with E-state index < -0.39 is 0 Å². The summed E-state index contributed by atoms with van der Waals surface area (Å²) in [4.78, 5) is 5.76. The molecular formula is C24H29N3O2S. The topological polar surface area (TPSA) is 76.9 Å². The molecule has 1 aromatic carbocycles. The Morgan fingerprint density at radius 3 is 2.53 bits per heavy atom. The summed E-state index contributed by atoms with van der Waals surface area (Å²) in [5.41, 5.74) is 6.41. The SMILES string of the molecule is C=C(NCC)C1=NCC(c2cc(C(C)C)c(O)cc2O)=C1NC(=C)c1sccc1C. The van der Waals surface area contributed by atoms with E-state index >= 15 is 0 Å². The third-order valence-electron chi connectivity index (χ3n) is 5.11. The quantitative estimate of drug-likeness (QED) is 0.474. The Kier molecular flexibility index (Phi) is 6.37. The van der Waals surface area contributed by atoms with Crippen LogP contribution in [0.5, 0.6) is 11.5 Å². The van der Waals surface area contributed by atoms with Gasteiger partial charge in [-0.1, -0.05) is 27.0 Å². The van der Waals surface area contributed by atoms with Crippen molar-refractivity contribution in [3.8, 4) is 11.5 Å². The summed E-state index contributed by atoms with van der Waals surface area (Å²) in [7, 11) is 0. The molecule has 0 fully saturated rings. The molecule has 0 amide bonds. The van der Waals surface area contributed by atoms with Crippen molar-refractivity contribution in [1.82, 2.24) is 10.6 Å². The van der Waals surface area contributed by atoms with Gasteiger partial charge in [-0.25, -0.2) is 0 Å². The Morgan fingerprint density at radius 1 is 1.20 bits per heavy atom. The maximum atomic E-state index is 10.6. The number of phenols is 2. The summed E-state index contributed by atoms with van der Waals surface area (Å²) in [5, 5.41) is 29.6. The molecule has 158 valence electrons. The molecule has 5 nitrogen and oxygen atoms in total. The fraction of sp³-hybridized carbons (Fsp3) is 0.292. The van der Waals surface area contributed by atoms with E-state index in [1.807, 2.05) is 32.2 Å². The molecule has 2 aromatic rings. The van der Waals surface area contributed by atoms with Gasteiger partial charge in [-0.2, -0.15) is 0 Å². The van der Waals surface area contributed by atoms with Gasteiger partial charge in [-0.05, 0) is 48.4 Å². The zero-order valence-electron chi connectivity index (χ0n) is 18.0. The predicted octanol–water partition coefficient (Wildman–Crippen LogP) is 5.14. The first-order valence-electron chi connectivity index (χ1n) is 10.0. The Morgan fingerprint density at radius 2 is 1.93 bits per heavy atom. The standard InChI is InChI=1S/C24H29N3O2S/c1-7-25-15(5)22-23(27-16(6)24-14(4)8-9-30-24)19(12-26-22)18-10-17(13(2)3)20(28)11-21(18)29/h8-11,13,25,27-29H,5-7,12H2,1-4H3. The minimum Gasteiger partial charge on any atom is -0.508 e. The van der Waals surface area contributed by atoms with Crippen LogP contribution >= 0.6 is 11.3 Å². The van der Waals surface area contributed by atoms with E-state index in [-0.39, 0.29) is 17.4 Å². The van der Waals surface area contributed by atoms with Crippen molar-refractivity contribution in [3.05, 3.63) is 69.7 Å². The molecule has 0 radical (unpaired) electrons. The van der Waals surface area contributed by atoms with Crippen LogP contribution in [0.4, 0.5) is 0 Å². The highest BCUT2D eigenvalue weighted by atomic mass is 32.1. The molecule has 0 saturated heterocycles. The molecule has 30 heavy (non-hydrogen) atoms. The number of aryl methyl sites for hydroxylation is 1. The molecule has 0 unspecified atom stereocenters. The number of thiophene rings is 1. The first-order chi connectivity index (χ1) is 14.2. The number of hydrogen-bond donors (Lipinski definition) is 4. The third kappa shape index (κ3) is 4.14. The van der Waals surface area contributed by atoms with Crippen molar-refractivity contribution in [3.63, 3.8) is 0 Å². The number of phenolic OH excluding ortho intramolecular Hbond substituents is 2. The highest BCUT2D eigenvalue weighted by Crippen LogP contribution is 2.39. The number of aliphatic imine (C=N–C) groups is 1. The largest absolute Gasteiger partial charge is 0.508 e. The van der Waals surface area contributed by atoms with Gasteiger partial charge in [0.25, 0.3) is 0 Å². The van der Waals surface area contributed by atoms with Crippen LogP contribution in [0.3, 0.4) is 0 Å². The first-order valence-corrected chi connectivity index (χ1v) is 10.9. The van der Waals surface area contributed by atoms with Crippen molar-refractivity contribution in [1.29, 1.82) is 0 Å². The molecule has 0 atom stereocenters. The van der Waals surface area contributed by atoms with E-state index in [1.54, 1.807) is 11.3 Å². The zero-order chi connectivity index (χ0) is 22.0. The van der Waals surface area contributed by atoms with Gasteiger partial charge in [0.15, 0.2) is 0 Å². The maximum Gasteiger partial charge on any atom is 0.126 e. The Bertz CT molecular complexity index is 1060. The molecule has 3 rings (SSSR count). The molecule has 2 heterocycles. The van der Waals surface area contributed by atoms with E-state index in [4.69, 9.17) is 4.99 Å². The van der Waals surface area contributed by atoms with Crippen LogP contribution in [0.1, 0.15) is 48.3 Å². The van der Waals surface area contributed by atoms with Crippen LogP contribution < -0.4 is 10.6 Å². The second kappa shape index (κ2) is 8.79. The lowest BCUT2D eigenvalue weighted by molar-refractivity contribution is 0.443. The smallest absolute Gasteiger partial charge is 0.126 e. The first kappa shape index (κ1) is 21.7. The van der Waals surface area contributed by atoms with E-state index in [9.17, 15) is 10.2 Å². The fourth-order valence-electron chi connectivity index (χ4n) is 3.54. The zero-order valence-corrected chi connectivity index (χ0v) is 18.8. The van der Waals surface area contributed by atoms with Crippen LogP contribution in [-0.4, -0.2) is 29.0 Å². The van der Waals surface area contributed by atoms with E-state index in [0.29, 0.717) is 17.8 Å². The lowest BCUT2D eigenvalue weighted by Crippen LogP contribution is -2.25. The summed E-state index contributed by atoms with van der Waals surface area (Å²) in [6.07, 6.45) is 0. The van der Waals surface area contributed by atoms with Gasteiger partial charge < -0.3 is 20.8 Å². The summed E-state index contributed by atoms with van der Waals surface area (Å²) >= 11 is 1.62. The average molecular weight is 424 g/mol. The van der Waals surface area contributed by atoms with Crippen LogP contribution in [0.25, 0.3) is 11.3 Å². The maximum absolute atomic E-state index is 10.6. The number of rotatable bonds is 8. The number of benzene rings is 1. The van der Waals surface area contributed by atoms with Gasteiger partial charge in [0.1, 0.15) is 17.2 Å². The normalized spacial score (nSPS) is 13.6. The highest BCUT2D eigenvalue weighted by Gasteiger charge is 2.26. The van der Waals surface area contributed by atoms with Gasteiger partial charge in [-0.3, -0.25) is 4.99 Å². The lowest BCUT2D eigenvalue weighted by Gasteiger charge is -2.18. The summed E-state index contributed by atoms with van der Waals surface area (Å²) < 4.78 is 0. The molecule has 0 aliphatic carbocycles. The van der Waals surface area contributed by atoms with Gasteiger partial charge in [-0.15, -0.1) is 11.3 Å². The van der Waals surface area contributed by atoms with E-state index in [1.165, 1.54) is 6.07 Å². The molecule has 0 bridgehead atoms. The monoisotopic (exact) mass is 423 g/mol. The van der Waals surface area contributed by atoms with Gasteiger partial charge in [0, 0.05) is 29.4 Å². The van der Waals surface area contributed by atoms with E-state index in [0.717, 1.165) is 45.2 Å². The molecular weight excluding hydrogens is 394 g/mol. The lowest BCUT2D eigenvalue weighted by atomic mass is 9.94. The van der Waals surface area contributed by atoms with Crippen molar-refractivity contribution < 1.29 is 10.2 Å². The third-order valence-corrected chi connectivity index (χ3v) is 6.19. The van der Waals surface area contributed by atoms with Gasteiger partial charge >= 0.3 is 0 Å². The number of aromatic hydroxyl groups is 2.